The van der Waals surface area contributed by atoms with Gasteiger partial charge in [-0.1, -0.05) is 5.16 Å². The SMILES string of the molecule is Cl.c1cncc(-c2noc(C3CC34CCNCC4)n2)c1. The second kappa shape index (κ2) is 5.14. The summed E-state index contributed by atoms with van der Waals surface area (Å²) in [5.41, 5.74) is 1.35. The summed E-state index contributed by atoms with van der Waals surface area (Å²) in [5, 5.41) is 7.49. The number of hydrogen-bond donors (Lipinski definition) is 1. The molecule has 4 rings (SSSR count). The Morgan fingerprint density at radius 3 is 2.90 bits per heavy atom. The Morgan fingerprint density at radius 1 is 1.30 bits per heavy atom. The third-order valence-corrected chi connectivity index (χ3v) is 4.45. The van der Waals surface area contributed by atoms with E-state index in [9.17, 15) is 0 Å². The van der Waals surface area contributed by atoms with Crippen molar-refractivity contribution in [2.75, 3.05) is 13.1 Å². The Balaban J connectivity index is 0.00000121. The van der Waals surface area contributed by atoms with Crippen molar-refractivity contribution in [1.82, 2.24) is 20.4 Å². The van der Waals surface area contributed by atoms with Gasteiger partial charge in [-0.25, -0.2) is 0 Å². The van der Waals surface area contributed by atoms with Crippen LogP contribution in [-0.4, -0.2) is 28.2 Å². The molecule has 5 nitrogen and oxygen atoms in total. The van der Waals surface area contributed by atoms with Gasteiger partial charge in [0.15, 0.2) is 0 Å². The average molecular weight is 293 g/mol. The van der Waals surface area contributed by atoms with Gasteiger partial charge >= 0.3 is 0 Å². The molecule has 1 saturated heterocycles. The summed E-state index contributed by atoms with van der Waals surface area (Å²) in [6.07, 6.45) is 7.16. The minimum Gasteiger partial charge on any atom is -0.339 e. The molecular formula is C14H17ClN4O. The summed E-state index contributed by atoms with van der Waals surface area (Å²) in [6, 6.07) is 3.84. The molecule has 0 radical (unpaired) electrons. The van der Waals surface area contributed by atoms with E-state index >= 15 is 0 Å². The van der Waals surface area contributed by atoms with Crippen LogP contribution >= 0.6 is 12.4 Å². The van der Waals surface area contributed by atoms with Gasteiger partial charge in [0.1, 0.15) is 0 Å². The molecule has 0 amide bonds. The van der Waals surface area contributed by atoms with Crippen LogP contribution in [0.4, 0.5) is 0 Å². The molecule has 1 N–H and O–H groups in total. The van der Waals surface area contributed by atoms with E-state index in [0.29, 0.717) is 17.2 Å². The lowest BCUT2D eigenvalue weighted by atomic mass is 9.92. The lowest BCUT2D eigenvalue weighted by Gasteiger charge is -2.22. The highest BCUT2D eigenvalue weighted by atomic mass is 35.5. The second-order valence-electron chi connectivity index (χ2n) is 5.57. The Hall–Kier alpha value is -1.46. The maximum Gasteiger partial charge on any atom is 0.230 e. The van der Waals surface area contributed by atoms with Crippen LogP contribution in [0.3, 0.4) is 0 Å². The van der Waals surface area contributed by atoms with Crippen LogP contribution in [0.25, 0.3) is 11.4 Å². The van der Waals surface area contributed by atoms with Crippen molar-refractivity contribution in [3.63, 3.8) is 0 Å². The number of rotatable bonds is 2. The molecule has 2 aliphatic rings. The zero-order valence-electron chi connectivity index (χ0n) is 11.1. The number of aromatic nitrogens is 3. The Labute approximate surface area is 123 Å². The molecule has 0 aromatic carbocycles. The molecule has 1 aliphatic carbocycles. The first-order chi connectivity index (χ1) is 9.37. The van der Waals surface area contributed by atoms with E-state index in [4.69, 9.17) is 4.52 Å². The van der Waals surface area contributed by atoms with E-state index in [1.54, 1.807) is 12.4 Å². The Kier molecular flexibility index (Phi) is 3.48. The lowest BCUT2D eigenvalue weighted by Crippen LogP contribution is -2.29. The number of nitrogens with one attached hydrogen (secondary N) is 1. The number of halogens is 1. The smallest absolute Gasteiger partial charge is 0.230 e. The molecule has 106 valence electrons. The summed E-state index contributed by atoms with van der Waals surface area (Å²) >= 11 is 0. The molecule has 2 aromatic rings. The highest BCUT2D eigenvalue weighted by Crippen LogP contribution is 2.63. The highest BCUT2D eigenvalue weighted by Gasteiger charge is 2.57. The minimum absolute atomic E-state index is 0. The molecule has 1 spiro atoms. The van der Waals surface area contributed by atoms with Gasteiger partial charge in [-0.3, -0.25) is 4.98 Å². The van der Waals surface area contributed by atoms with E-state index in [0.717, 1.165) is 24.5 Å². The van der Waals surface area contributed by atoms with Crippen LogP contribution in [-0.2, 0) is 0 Å². The largest absolute Gasteiger partial charge is 0.339 e. The molecule has 20 heavy (non-hydrogen) atoms. The summed E-state index contributed by atoms with van der Waals surface area (Å²) < 4.78 is 5.46. The molecule has 0 bridgehead atoms. The highest BCUT2D eigenvalue weighted by molar-refractivity contribution is 5.85. The fourth-order valence-corrected chi connectivity index (χ4v) is 3.16. The van der Waals surface area contributed by atoms with E-state index in [2.05, 4.69) is 20.4 Å². The quantitative estimate of drug-likeness (QED) is 0.921. The van der Waals surface area contributed by atoms with Gasteiger partial charge in [-0.15, -0.1) is 12.4 Å². The number of pyridine rings is 1. The molecule has 3 heterocycles. The molecule has 1 aliphatic heterocycles. The number of nitrogens with zero attached hydrogens (tertiary/aromatic N) is 3. The van der Waals surface area contributed by atoms with Gasteiger partial charge in [0.05, 0.1) is 0 Å². The molecule has 1 unspecified atom stereocenters. The van der Waals surface area contributed by atoms with E-state index < -0.39 is 0 Å². The van der Waals surface area contributed by atoms with Crippen molar-refractivity contribution in [2.24, 2.45) is 5.41 Å². The summed E-state index contributed by atoms with van der Waals surface area (Å²) in [7, 11) is 0. The monoisotopic (exact) mass is 292 g/mol. The first-order valence-electron chi connectivity index (χ1n) is 6.82. The summed E-state index contributed by atoms with van der Waals surface area (Å²) in [6.45, 7) is 2.22. The zero-order chi connectivity index (χ0) is 12.7. The Bertz CT molecular complexity index is 580. The molecule has 2 fully saturated rings. The number of piperidine rings is 1. The molecule has 1 atom stereocenters. The minimum atomic E-state index is 0. The van der Waals surface area contributed by atoms with Crippen molar-refractivity contribution in [3.05, 3.63) is 30.4 Å². The first-order valence-corrected chi connectivity index (χ1v) is 6.82. The zero-order valence-corrected chi connectivity index (χ0v) is 11.9. The predicted molar refractivity (Wildman–Crippen MR) is 76.7 cm³/mol. The molecule has 6 heteroatoms. The van der Waals surface area contributed by atoms with Gasteiger partial charge in [0.25, 0.3) is 0 Å². The third-order valence-electron chi connectivity index (χ3n) is 4.45. The average Bonchev–Trinajstić information content (AvgIpc) is 2.96. The van der Waals surface area contributed by atoms with Crippen molar-refractivity contribution in [2.45, 2.75) is 25.2 Å². The predicted octanol–water partition coefficient (Wildman–Crippen LogP) is 2.41. The van der Waals surface area contributed by atoms with E-state index in [-0.39, 0.29) is 12.4 Å². The van der Waals surface area contributed by atoms with Gasteiger partial charge < -0.3 is 9.84 Å². The topological polar surface area (TPSA) is 63.8 Å². The van der Waals surface area contributed by atoms with Crippen LogP contribution in [0.1, 0.15) is 31.1 Å². The maximum absolute atomic E-state index is 5.46. The summed E-state index contributed by atoms with van der Waals surface area (Å²) in [5.74, 6) is 1.92. The lowest BCUT2D eigenvalue weighted by molar-refractivity contribution is 0.311. The standard InChI is InChI=1S/C14H16N4O.ClH/c1-2-10(9-16-5-1)12-17-13(19-18-12)11-8-14(11)3-6-15-7-4-14;/h1-2,5,9,11,15H,3-4,6-8H2;1H. The van der Waals surface area contributed by atoms with E-state index in [1.807, 2.05) is 12.1 Å². The van der Waals surface area contributed by atoms with Crippen LogP contribution in [0.2, 0.25) is 0 Å². The van der Waals surface area contributed by atoms with Crippen LogP contribution in [0.15, 0.2) is 29.0 Å². The van der Waals surface area contributed by atoms with Gasteiger partial charge in [-0.05, 0) is 49.9 Å². The molecular weight excluding hydrogens is 276 g/mol. The molecule has 1 saturated carbocycles. The van der Waals surface area contributed by atoms with Crippen LogP contribution < -0.4 is 5.32 Å². The van der Waals surface area contributed by atoms with Crippen molar-refractivity contribution < 1.29 is 4.52 Å². The second-order valence-corrected chi connectivity index (χ2v) is 5.57. The third kappa shape index (κ3) is 2.21. The van der Waals surface area contributed by atoms with E-state index in [1.165, 1.54) is 19.3 Å². The van der Waals surface area contributed by atoms with Crippen molar-refractivity contribution in [1.29, 1.82) is 0 Å². The summed E-state index contributed by atoms with van der Waals surface area (Å²) in [4.78, 5) is 8.64. The fraction of sp³-hybridized carbons (Fsp3) is 0.500. The van der Waals surface area contributed by atoms with Crippen LogP contribution in [0.5, 0.6) is 0 Å². The maximum atomic E-state index is 5.46. The van der Waals surface area contributed by atoms with Gasteiger partial charge in [0.2, 0.25) is 11.7 Å². The Morgan fingerprint density at radius 2 is 2.15 bits per heavy atom. The number of hydrogen-bond acceptors (Lipinski definition) is 5. The van der Waals surface area contributed by atoms with Gasteiger partial charge in [-0.2, -0.15) is 4.98 Å². The normalized spacial score (nSPS) is 23.3. The van der Waals surface area contributed by atoms with Gasteiger partial charge in [0, 0.05) is 23.9 Å². The van der Waals surface area contributed by atoms with Crippen molar-refractivity contribution in [3.8, 4) is 11.4 Å². The fourth-order valence-electron chi connectivity index (χ4n) is 3.16. The van der Waals surface area contributed by atoms with Crippen LogP contribution in [0, 0.1) is 5.41 Å². The first kappa shape index (κ1) is 13.5. The van der Waals surface area contributed by atoms with Crippen molar-refractivity contribution >= 4 is 12.4 Å². The molecule has 2 aromatic heterocycles.